The lowest BCUT2D eigenvalue weighted by Gasteiger charge is -2.18. The highest BCUT2D eigenvalue weighted by Crippen LogP contribution is 2.40. The third kappa shape index (κ3) is 4.01. The summed E-state index contributed by atoms with van der Waals surface area (Å²) in [5, 5.41) is 14.5. The lowest BCUT2D eigenvalue weighted by Crippen LogP contribution is -2.21. The first-order chi connectivity index (χ1) is 13.9. The van der Waals surface area contributed by atoms with Crippen molar-refractivity contribution in [1.29, 1.82) is 0 Å². The second-order valence-corrected chi connectivity index (χ2v) is 8.46. The van der Waals surface area contributed by atoms with Crippen LogP contribution in [-0.4, -0.2) is 27.4 Å². The van der Waals surface area contributed by atoms with Gasteiger partial charge in [0.05, 0.1) is 21.0 Å². The molecule has 1 aliphatic carbocycles. The van der Waals surface area contributed by atoms with Gasteiger partial charge in [0.2, 0.25) is 5.88 Å². The Morgan fingerprint density at radius 1 is 1.45 bits per heavy atom. The van der Waals surface area contributed by atoms with Crippen LogP contribution in [0.2, 0.25) is 5.02 Å². The van der Waals surface area contributed by atoms with Gasteiger partial charge in [-0.3, -0.25) is 14.9 Å². The maximum Gasteiger partial charge on any atom is 0.271 e. The molecule has 150 valence electrons. The summed E-state index contributed by atoms with van der Waals surface area (Å²) < 4.78 is 5.69. The van der Waals surface area contributed by atoms with Crippen molar-refractivity contribution < 1.29 is 14.5 Å². The van der Waals surface area contributed by atoms with Gasteiger partial charge in [0, 0.05) is 17.0 Å². The number of hydrogen-bond donors (Lipinski definition) is 1. The monoisotopic (exact) mass is 432 g/mol. The van der Waals surface area contributed by atoms with Crippen LogP contribution in [0.15, 0.2) is 24.5 Å². The van der Waals surface area contributed by atoms with E-state index in [1.54, 1.807) is 11.3 Å². The van der Waals surface area contributed by atoms with Crippen molar-refractivity contribution in [3.8, 4) is 5.88 Å². The number of nitro benzene ring substituents is 1. The SMILES string of the molecule is CC1CCc2c(sc3ncnc(OCC(=O)Nc4cc([N+](=O)[O-])ccc4Cl)c23)C1. The Balaban J connectivity index is 1.51. The number of carbonyl (C=O) groups excluding carboxylic acids is 1. The molecule has 4 rings (SSSR count). The number of nitrogens with one attached hydrogen (secondary N) is 1. The Morgan fingerprint density at radius 3 is 3.07 bits per heavy atom. The number of anilines is 1. The van der Waals surface area contributed by atoms with Crippen molar-refractivity contribution in [2.24, 2.45) is 5.92 Å². The van der Waals surface area contributed by atoms with Crippen LogP contribution in [0.5, 0.6) is 5.88 Å². The van der Waals surface area contributed by atoms with Crippen LogP contribution in [-0.2, 0) is 17.6 Å². The number of halogens is 1. The van der Waals surface area contributed by atoms with E-state index in [1.165, 1.54) is 35.0 Å². The molecule has 1 amide bonds. The fraction of sp³-hybridized carbons (Fsp3) is 0.316. The minimum absolute atomic E-state index is 0.157. The molecule has 1 atom stereocenters. The van der Waals surface area contributed by atoms with Crippen LogP contribution < -0.4 is 10.1 Å². The molecule has 1 aliphatic rings. The number of non-ortho nitro benzene ring substituents is 1. The van der Waals surface area contributed by atoms with Gasteiger partial charge in [-0.1, -0.05) is 18.5 Å². The van der Waals surface area contributed by atoms with Gasteiger partial charge >= 0.3 is 0 Å². The summed E-state index contributed by atoms with van der Waals surface area (Å²) in [7, 11) is 0. The Bertz CT molecular complexity index is 1120. The largest absolute Gasteiger partial charge is 0.467 e. The van der Waals surface area contributed by atoms with Crippen LogP contribution in [0.25, 0.3) is 10.2 Å². The Hall–Kier alpha value is -2.78. The van der Waals surface area contributed by atoms with Crippen molar-refractivity contribution in [3.05, 3.63) is 50.1 Å². The number of hydrogen-bond acceptors (Lipinski definition) is 7. The quantitative estimate of drug-likeness (QED) is 0.473. The van der Waals surface area contributed by atoms with Crippen LogP contribution in [0.1, 0.15) is 23.8 Å². The topological polar surface area (TPSA) is 107 Å². The number of nitrogens with zero attached hydrogens (tertiary/aromatic N) is 3. The summed E-state index contributed by atoms with van der Waals surface area (Å²) in [6.45, 7) is 1.94. The van der Waals surface area contributed by atoms with Gasteiger partial charge in [-0.05, 0) is 36.8 Å². The summed E-state index contributed by atoms with van der Waals surface area (Å²) in [5.41, 5.74) is 1.20. The van der Waals surface area contributed by atoms with E-state index >= 15 is 0 Å². The highest BCUT2D eigenvalue weighted by atomic mass is 35.5. The number of benzene rings is 1. The number of amides is 1. The molecule has 2 aromatic heterocycles. The van der Waals surface area contributed by atoms with E-state index in [0.29, 0.717) is 11.8 Å². The second-order valence-electron chi connectivity index (χ2n) is 6.97. The molecule has 0 bridgehead atoms. The number of aromatic nitrogens is 2. The third-order valence-corrected chi connectivity index (χ3v) is 6.32. The molecule has 0 radical (unpaired) electrons. The van der Waals surface area contributed by atoms with Crippen molar-refractivity contribution >= 4 is 50.4 Å². The number of nitro groups is 1. The minimum atomic E-state index is -0.555. The number of thiophene rings is 1. The van der Waals surface area contributed by atoms with Gasteiger partial charge in [-0.15, -0.1) is 11.3 Å². The van der Waals surface area contributed by atoms with Gasteiger partial charge in [0.1, 0.15) is 11.2 Å². The van der Waals surface area contributed by atoms with E-state index in [9.17, 15) is 14.9 Å². The van der Waals surface area contributed by atoms with Gasteiger partial charge in [-0.2, -0.15) is 0 Å². The zero-order valence-corrected chi connectivity index (χ0v) is 17.0. The van der Waals surface area contributed by atoms with Gasteiger partial charge in [-0.25, -0.2) is 9.97 Å². The second kappa shape index (κ2) is 7.92. The van der Waals surface area contributed by atoms with E-state index in [1.807, 2.05) is 0 Å². The lowest BCUT2D eigenvalue weighted by atomic mass is 9.89. The Labute approximate surface area is 175 Å². The van der Waals surface area contributed by atoms with Crippen molar-refractivity contribution in [3.63, 3.8) is 0 Å². The van der Waals surface area contributed by atoms with Crippen LogP contribution in [0.4, 0.5) is 11.4 Å². The summed E-state index contributed by atoms with van der Waals surface area (Å²) in [6, 6.07) is 3.84. The highest BCUT2D eigenvalue weighted by molar-refractivity contribution is 7.18. The molecule has 10 heteroatoms. The van der Waals surface area contributed by atoms with E-state index in [0.717, 1.165) is 29.5 Å². The molecule has 2 heterocycles. The molecular weight excluding hydrogens is 416 g/mol. The number of rotatable bonds is 5. The Morgan fingerprint density at radius 2 is 2.28 bits per heavy atom. The van der Waals surface area contributed by atoms with Crippen molar-refractivity contribution in [2.45, 2.75) is 26.2 Å². The first-order valence-corrected chi connectivity index (χ1v) is 10.2. The normalized spacial score (nSPS) is 15.7. The van der Waals surface area contributed by atoms with Gasteiger partial charge in [0.25, 0.3) is 11.6 Å². The predicted molar refractivity (Wildman–Crippen MR) is 111 cm³/mol. The average Bonchev–Trinajstić information content (AvgIpc) is 3.05. The molecule has 1 N–H and O–H groups in total. The zero-order valence-electron chi connectivity index (χ0n) is 15.5. The minimum Gasteiger partial charge on any atom is -0.467 e. The van der Waals surface area contributed by atoms with Crippen molar-refractivity contribution in [1.82, 2.24) is 9.97 Å². The standard InChI is InChI=1S/C19H17ClN4O4S/c1-10-2-4-12-15(6-10)29-19-17(12)18(21-9-22-19)28-8-16(25)23-14-7-11(24(26)27)3-5-13(14)20/h3,5,7,9-10H,2,4,6,8H2,1H3,(H,23,25). The third-order valence-electron chi connectivity index (χ3n) is 4.83. The summed E-state index contributed by atoms with van der Waals surface area (Å²) >= 11 is 7.67. The predicted octanol–water partition coefficient (Wildman–Crippen LogP) is 4.40. The Kier molecular flexibility index (Phi) is 5.33. The smallest absolute Gasteiger partial charge is 0.271 e. The van der Waals surface area contributed by atoms with Gasteiger partial charge < -0.3 is 10.1 Å². The number of fused-ring (bicyclic) bond motifs is 3. The molecule has 0 saturated heterocycles. The van der Waals surface area contributed by atoms with E-state index < -0.39 is 10.8 Å². The maximum atomic E-state index is 12.3. The van der Waals surface area contributed by atoms with Crippen LogP contribution in [0, 0.1) is 16.0 Å². The molecule has 8 nitrogen and oxygen atoms in total. The average molecular weight is 433 g/mol. The zero-order chi connectivity index (χ0) is 20.5. The molecule has 1 aromatic carbocycles. The molecule has 29 heavy (non-hydrogen) atoms. The fourth-order valence-corrected chi connectivity index (χ4v) is 4.90. The summed E-state index contributed by atoms with van der Waals surface area (Å²) in [6.07, 6.45) is 4.48. The van der Waals surface area contributed by atoms with Gasteiger partial charge in [0.15, 0.2) is 6.61 Å². The number of ether oxygens (including phenoxy) is 1. The molecule has 0 aliphatic heterocycles. The molecule has 1 unspecified atom stereocenters. The molecular formula is C19H17ClN4O4S. The summed E-state index contributed by atoms with van der Waals surface area (Å²) in [4.78, 5) is 33.4. The molecule has 0 spiro atoms. The fourth-order valence-electron chi connectivity index (χ4n) is 3.40. The maximum absolute atomic E-state index is 12.3. The molecule has 0 saturated carbocycles. The van der Waals surface area contributed by atoms with E-state index in [-0.39, 0.29) is 23.0 Å². The first kappa shape index (κ1) is 19.5. The number of aryl methyl sites for hydroxylation is 1. The summed E-state index contributed by atoms with van der Waals surface area (Å²) in [5.74, 6) is 0.526. The van der Waals surface area contributed by atoms with E-state index in [4.69, 9.17) is 16.3 Å². The number of carbonyl (C=O) groups is 1. The van der Waals surface area contributed by atoms with E-state index in [2.05, 4.69) is 22.2 Å². The van der Waals surface area contributed by atoms with Crippen molar-refractivity contribution in [2.75, 3.05) is 11.9 Å². The van der Waals surface area contributed by atoms with Crippen LogP contribution >= 0.6 is 22.9 Å². The molecule has 0 fully saturated rings. The highest BCUT2D eigenvalue weighted by Gasteiger charge is 2.24. The lowest BCUT2D eigenvalue weighted by molar-refractivity contribution is -0.384. The van der Waals surface area contributed by atoms with Crippen LogP contribution in [0.3, 0.4) is 0 Å². The molecule has 3 aromatic rings. The first-order valence-electron chi connectivity index (χ1n) is 9.04.